The van der Waals surface area contributed by atoms with Crippen LogP contribution in [0.25, 0.3) is 22.2 Å². The average Bonchev–Trinajstić information content (AvgIpc) is 2.65. The molecule has 1 N–H and O–H groups in total. The van der Waals surface area contributed by atoms with Crippen molar-refractivity contribution in [1.29, 1.82) is 0 Å². The van der Waals surface area contributed by atoms with E-state index in [4.69, 9.17) is 9.72 Å². The Morgan fingerprint density at radius 1 is 1.08 bits per heavy atom. The van der Waals surface area contributed by atoms with E-state index in [1.807, 2.05) is 42.5 Å². The summed E-state index contributed by atoms with van der Waals surface area (Å²) in [7, 11) is 4.13. The zero-order valence-corrected chi connectivity index (χ0v) is 15.7. The van der Waals surface area contributed by atoms with E-state index >= 15 is 0 Å². The van der Waals surface area contributed by atoms with Crippen LogP contribution in [0.5, 0.6) is 5.75 Å². The molecule has 0 radical (unpaired) electrons. The molecule has 0 amide bonds. The highest BCUT2D eigenvalue weighted by molar-refractivity contribution is 5.88. The molecule has 0 bridgehead atoms. The minimum absolute atomic E-state index is 0.0179. The summed E-state index contributed by atoms with van der Waals surface area (Å²) < 4.78 is 6.03. The van der Waals surface area contributed by atoms with E-state index < -0.39 is 0 Å². The van der Waals surface area contributed by atoms with Crippen molar-refractivity contribution in [2.75, 3.05) is 27.2 Å². The number of aliphatic hydroxyl groups excluding tert-OH is 1. The quantitative estimate of drug-likeness (QED) is 0.654. The minimum Gasteiger partial charge on any atom is -0.493 e. The molecule has 3 aromatic rings. The van der Waals surface area contributed by atoms with Gasteiger partial charge in [-0.15, -0.1) is 0 Å². The van der Waals surface area contributed by atoms with Gasteiger partial charge in [-0.3, -0.25) is 0 Å². The summed E-state index contributed by atoms with van der Waals surface area (Å²) in [6.07, 6.45) is 0.972. The van der Waals surface area contributed by atoms with Crippen molar-refractivity contribution in [2.24, 2.45) is 0 Å². The van der Waals surface area contributed by atoms with Gasteiger partial charge in [-0.05, 0) is 51.2 Å². The van der Waals surface area contributed by atoms with Gasteiger partial charge in [0.25, 0.3) is 0 Å². The molecule has 4 heteroatoms. The molecule has 136 valence electrons. The number of aromatic nitrogens is 1. The number of aryl methyl sites for hydroxylation is 1. The summed E-state index contributed by atoms with van der Waals surface area (Å²) in [4.78, 5) is 7.00. The minimum atomic E-state index is -0.0179. The molecule has 0 atom stereocenters. The van der Waals surface area contributed by atoms with Crippen molar-refractivity contribution in [3.05, 3.63) is 59.7 Å². The Bertz CT molecular complexity index is 890. The number of nitrogens with zero attached hydrogens (tertiary/aromatic N) is 2. The van der Waals surface area contributed by atoms with Gasteiger partial charge in [0.2, 0.25) is 0 Å². The molecule has 0 aliphatic heterocycles. The van der Waals surface area contributed by atoms with Gasteiger partial charge in [0.15, 0.2) is 0 Å². The van der Waals surface area contributed by atoms with Crippen LogP contribution in [-0.2, 0) is 6.61 Å². The number of rotatable bonds is 7. The summed E-state index contributed by atoms with van der Waals surface area (Å²) in [6, 6.07) is 16.0. The van der Waals surface area contributed by atoms with Crippen molar-refractivity contribution in [3.8, 4) is 17.0 Å². The van der Waals surface area contributed by atoms with Gasteiger partial charge < -0.3 is 14.7 Å². The highest BCUT2D eigenvalue weighted by Crippen LogP contribution is 2.32. The number of hydrogen-bond donors (Lipinski definition) is 1. The van der Waals surface area contributed by atoms with Crippen LogP contribution >= 0.6 is 0 Å². The van der Waals surface area contributed by atoms with Gasteiger partial charge in [-0.25, -0.2) is 4.98 Å². The van der Waals surface area contributed by atoms with E-state index in [0.29, 0.717) is 6.61 Å². The van der Waals surface area contributed by atoms with Crippen molar-refractivity contribution < 1.29 is 9.84 Å². The van der Waals surface area contributed by atoms with Crippen LogP contribution in [0.15, 0.2) is 48.5 Å². The molecule has 1 heterocycles. The molecular formula is C22H26N2O2. The van der Waals surface area contributed by atoms with Crippen LogP contribution in [0.3, 0.4) is 0 Å². The highest BCUT2D eigenvalue weighted by atomic mass is 16.5. The van der Waals surface area contributed by atoms with Gasteiger partial charge in [0, 0.05) is 23.1 Å². The van der Waals surface area contributed by atoms with Gasteiger partial charge in [-0.1, -0.05) is 30.3 Å². The second-order valence-corrected chi connectivity index (χ2v) is 6.80. The predicted octanol–water partition coefficient (Wildman–Crippen LogP) is 4.03. The number of aliphatic hydroxyl groups is 1. The highest BCUT2D eigenvalue weighted by Gasteiger charge is 2.12. The van der Waals surface area contributed by atoms with E-state index in [1.54, 1.807) is 0 Å². The molecule has 4 nitrogen and oxygen atoms in total. The molecule has 3 rings (SSSR count). The fraction of sp³-hybridized carbons (Fsp3) is 0.318. The number of benzene rings is 2. The van der Waals surface area contributed by atoms with E-state index in [9.17, 15) is 5.11 Å². The maximum absolute atomic E-state index is 9.66. The van der Waals surface area contributed by atoms with Crippen LogP contribution in [0.2, 0.25) is 0 Å². The number of pyridine rings is 1. The smallest absolute Gasteiger partial charge is 0.128 e. The Morgan fingerprint density at radius 2 is 1.88 bits per heavy atom. The number of para-hydroxylation sites is 2. The first kappa shape index (κ1) is 18.4. The Morgan fingerprint density at radius 3 is 2.65 bits per heavy atom. The second kappa shape index (κ2) is 8.30. The zero-order chi connectivity index (χ0) is 18.5. The van der Waals surface area contributed by atoms with Crippen LogP contribution in [0, 0.1) is 6.92 Å². The SMILES string of the molecule is Cc1cc(-c2ccccc2OCCCN(C)C)nc2c(CO)cccc12. The van der Waals surface area contributed by atoms with E-state index in [0.717, 1.165) is 52.0 Å². The lowest BCUT2D eigenvalue weighted by Crippen LogP contribution is -2.15. The van der Waals surface area contributed by atoms with E-state index in [2.05, 4.69) is 32.0 Å². The summed E-state index contributed by atoms with van der Waals surface area (Å²) in [5.74, 6) is 0.846. The van der Waals surface area contributed by atoms with Crippen molar-refractivity contribution >= 4 is 10.9 Å². The Balaban J connectivity index is 1.96. The molecule has 0 spiro atoms. The van der Waals surface area contributed by atoms with Gasteiger partial charge in [0.1, 0.15) is 5.75 Å². The maximum Gasteiger partial charge on any atom is 0.128 e. The summed E-state index contributed by atoms with van der Waals surface area (Å²) in [5.41, 5.74) is 4.70. The van der Waals surface area contributed by atoms with Crippen LogP contribution in [-0.4, -0.2) is 42.2 Å². The summed E-state index contributed by atoms with van der Waals surface area (Å²) >= 11 is 0. The van der Waals surface area contributed by atoms with Crippen molar-refractivity contribution in [3.63, 3.8) is 0 Å². The lowest BCUT2D eigenvalue weighted by molar-refractivity contribution is 0.282. The molecule has 26 heavy (non-hydrogen) atoms. The van der Waals surface area contributed by atoms with E-state index in [1.165, 1.54) is 0 Å². The van der Waals surface area contributed by atoms with Gasteiger partial charge in [-0.2, -0.15) is 0 Å². The third-order valence-corrected chi connectivity index (χ3v) is 4.47. The summed E-state index contributed by atoms with van der Waals surface area (Å²) in [6.45, 7) is 3.73. The van der Waals surface area contributed by atoms with Gasteiger partial charge in [0.05, 0.1) is 24.4 Å². The van der Waals surface area contributed by atoms with Gasteiger partial charge >= 0.3 is 0 Å². The molecule has 2 aromatic carbocycles. The Labute approximate surface area is 155 Å². The number of ether oxygens (including phenoxy) is 1. The third kappa shape index (κ3) is 4.03. The van der Waals surface area contributed by atoms with Crippen molar-refractivity contribution in [1.82, 2.24) is 9.88 Å². The third-order valence-electron chi connectivity index (χ3n) is 4.47. The van der Waals surface area contributed by atoms with E-state index in [-0.39, 0.29) is 6.61 Å². The molecule has 0 fully saturated rings. The maximum atomic E-state index is 9.66. The first-order valence-corrected chi connectivity index (χ1v) is 8.97. The largest absolute Gasteiger partial charge is 0.493 e. The lowest BCUT2D eigenvalue weighted by Gasteiger charge is -2.14. The first-order valence-electron chi connectivity index (χ1n) is 8.97. The molecule has 1 aromatic heterocycles. The number of hydrogen-bond acceptors (Lipinski definition) is 4. The molecule has 0 aliphatic rings. The standard InChI is InChI=1S/C22H26N2O2/c1-16-14-20(23-22-17(15-25)8-6-10-18(16)22)19-9-4-5-11-21(19)26-13-7-12-24(2)3/h4-6,8-11,14,25H,7,12-13,15H2,1-3H3. The van der Waals surface area contributed by atoms with Crippen LogP contribution < -0.4 is 4.74 Å². The average molecular weight is 350 g/mol. The molecular weight excluding hydrogens is 324 g/mol. The molecule has 0 unspecified atom stereocenters. The summed E-state index contributed by atoms with van der Waals surface area (Å²) in [5, 5.41) is 10.7. The predicted molar refractivity (Wildman–Crippen MR) is 107 cm³/mol. The Hall–Kier alpha value is -2.43. The molecule has 0 saturated carbocycles. The Kier molecular flexibility index (Phi) is 5.86. The normalized spacial score (nSPS) is 11.3. The lowest BCUT2D eigenvalue weighted by atomic mass is 10.0. The molecule has 0 aliphatic carbocycles. The van der Waals surface area contributed by atoms with Crippen LogP contribution in [0.4, 0.5) is 0 Å². The second-order valence-electron chi connectivity index (χ2n) is 6.80. The fourth-order valence-corrected chi connectivity index (χ4v) is 3.11. The number of fused-ring (bicyclic) bond motifs is 1. The zero-order valence-electron chi connectivity index (χ0n) is 15.7. The monoisotopic (exact) mass is 350 g/mol. The van der Waals surface area contributed by atoms with Crippen molar-refractivity contribution in [2.45, 2.75) is 20.0 Å². The first-order chi connectivity index (χ1) is 12.6. The van der Waals surface area contributed by atoms with Crippen LogP contribution in [0.1, 0.15) is 17.5 Å². The fourth-order valence-electron chi connectivity index (χ4n) is 3.11. The topological polar surface area (TPSA) is 45.6 Å². The molecule has 0 saturated heterocycles.